The minimum Gasteiger partial charge on any atom is -0.366 e. The standard InChI is InChI=1S/C16H14FN5O2S/c17-16(4-5-20-8-16)14(24)22(9-18)15-21-7-12(25-15)10-2-1-3-11(6-10)13(19)23/h1-3,6-7,20H,4-5,8H2,(H2,19,23). The fourth-order valence-corrected chi connectivity index (χ4v) is 3.41. The van der Waals surface area contributed by atoms with E-state index >= 15 is 0 Å². The number of anilines is 1. The molecule has 3 N–H and O–H groups in total. The number of nitrogens with zero attached hydrogens (tertiary/aromatic N) is 3. The molecule has 3 rings (SSSR count). The number of nitrogens with two attached hydrogens (primary N) is 1. The zero-order valence-corrected chi connectivity index (χ0v) is 13.8. The van der Waals surface area contributed by atoms with Gasteiger partial charge in [0.25, 0.3) is 5.91 Å². The second-order valence-corrected chi connectivity index (χ2v) is 6.59. The summed E-state index contributed by atoms with van der Waals surface area (Å²) < 4.78 is 14.6. The van der Waals surface area contributed by atoms with E-state index in [-0.39, 0.29) is 18.1 Å². The largest absolute Gasteiger partial charge is 0.366 e. The van der Waals surface area contributed by atoms with E-state index in [2.05, 4.69) is 10.3 Å². The number of rotatable bonds is 4. The number of carbonyl (C=O) groups excluding carboxylic acids is 2. The Kier molecular flexibility index (Phi) is 4.48. The van der Waals surface area contributed by atoms with Crippen LogP contribution in [0, 0.1) is 11.5 Å². The lowest BCUT2D eigenvalue weighted by Crippen LogP contribution is -2.45. The molecule has 1 aliphatic rings. The molecule has 0 radical (unpaired) electrons. The van der Waals surface area contributed by atoms with E-state index in [0.29, 0.717) is 27.4 Å². The molecule has 0 aliphatic carbocycles. The number of hydrogen-bond acceptors (Lipinski definition) is 6. The van der Waals surface area contributed by atoms with Crippen molar-refractivity contribution < 1.29 is 14.0 Å². The quantitative estimate of drug-likeness (QED) is 0.633. The second-order valence-electron chi connectivity index (χ2n) is 5.58. The summed E-state index contributed by atoms with van der Waals surface area (Å²) in [6, 6.07) is 6.59. The van der Waals surface area contributed by atoms with E-state index in [1.54, 1.807) is 30.5 Å². The molecule has 7 nitrogen and oxygen atoms in total. The molecule has 9 heteroatoms. The highest BCUT2D eigenvalue weighted by Crippen LogP contribution is 2.33. The van der Waals surface area contributed by atoms with Crippen LogP contribution in [0.25, 0.3) is 10.4 Å². The van der Waals surface area contributed by atoms with Crippen molar-refractivity contribution in [1.29, 1.82) is 5.26 Å². The Morgan fingerprint density at radius 3 is 2.92 bits per heavy atom. The molecule has 128 valence electrons. The second kappa shape index (κ2) is 6.58. The SMILES string of the molecule is N#CN(C(=O)C1(F)CCNC1)c1ncc(-c2cccc(C(N)=O)c2)s1. The summed E-state index contributed by atoms with van der Waals surface area (Å²) in [5, 5.41) is 12.2. The maximum Gasteiger partial charge on any atom is 0.281 e. The molecule has 1 aromatic carbocycles. The van der Waals surface area contributed by atoms with Crippen LogP contribution in [-0.2, 0) is 4.79 Å². The van der Waals surface area contributed by atoms with E-state index < -0.39 is 17.5 Å². The third-order valence-electron chi connectivity index (χ3n) is 3.91. The van der Waals surface area contributed by atoms with Crippen LogP contribution in [0.2, 0.25) is 0 Å². The highest BCUT2D eigenvalue weighted by molar-refractivity contribution is 7.19. The molecule has 0 spiro atoms. The molecule has 25 heavy (non-hydrogen) atoms. The number of carbonyl (C=O) groups is 2. The molecule has 0 saturated carbocycles. The number of aromatic nitrogens is 1. The van der Waals surface area contributed by atoms with Gasteiger partial charge in [-0.15, -0.1) is 0 Å². The van der Waals surface area contributed by atoms with E-state index in [0.717, 1.165) is 11.3 Å². The number of halogens is 1. The van der Waals surface area contributed by atoms with Gasteiger partial charge in [-0.1, -0.05) is 23.5 Å². The Balaban J connectivity index is 1.89. The fourth-order valence-electron chi connectivity index (χ4n) is 2.55. The summed E-state index contributed by atoms with van der Waals surface area (Å²) in [5.74, 6) is -1.49. The molecule has 1 fully saturated rings. The molecule has 2 amide bonds. The molecule has 1 unspecified atom stereocenters. The Labute approximate surface area is 146 Å². The number of amides is 2. The average Bonchev–Trinajstić information content (AvgIpc) is 3.26. The molecular weight excluding hydrogens is 345 g/mol. The smallest absolute Gasteiger partial charge is 0.281 e. The lowest BCUT2D eigenvalue weighted by Gasteiger charge is -2.20. The first-order valence-electron chi connectivity index (χ1n) is 7.44. The summed E-state index contributed by atoms with van der Waals surface area (Å²) in [7, 11) is 0. The van der Waals surface area contributed by atoms with Gasteiger partial charge in [0.05, 0.1) is 4.88 Å². The van der Waals surface area contributed by atoms with Crippen LogP contribution >= 0.6 is 11.3 Å². The van der Waals surface area contributed by atoms with Gasteiger partial charge in [-0.2, -0.15) is 10.2 Å². The van der Waals surface area contributed by atoms with Gasteiger partial charge in [-0.05, 0) is 24.2 Å². The van der Waals surface area contributed by atoms with Crippen molar-refractivity contribution in [1.82, 2.24) is 10.3 Å². The summed E-state index contributed by atoms with van der Waals surface area (Å²) in [6.07, 6.45) is 3.19. The normalized spacial score (nSPS) is 19.4. The van der Waals surface area contributed by atoms with Gasteiger partial charge >= 0.3 is 0 Å². The van der Waals surface area contributed by atoms with Crippen molar-refractivity contribution in [3.8, 4) is 16.6 Å². The van der Waals surface area contributed by atoms with Gasteiger partial charge < -0.3 is 11.1 Å². The van der Waals surface area contributed by atoms with Crippen molar-refractivity contribution >= 4 is 28.3 Å². The topological polar surface area (TPSA) is 112 Å². The van der Waals surface area contributed by atoms with Gasteiger partial charge in [0.2, 0.25) is 16.7 Å². The number of nitriles is 1. The molecule has 1 saturated heterocycles. The van der Waals surface area contributed by atoms with Crippen LogP contribution in [0.1, 0.15) is 16.8 Å². The van der Waals surface area contributed by atoms with Crippen molar-refractivity contribution in [2.45, 2.75) is 12.1 Å². The summed E-state index contributed by atoms with van der Waals surface area (Å²) in [5.41, 5.74) is 4.16. The lowest BCUT2D eigenvalue weighted by atomic mass is 10.0. The van der Waals surface area contributed by atoms with Crippen LogP contribution in [0.15, 0.2) is 30.5 Å². The molecule has 0 bridgehead atoms. The van der Waals surface area contributed by atoms with Gasteiger partial charge in [0.1, 0.15) is 0 Å². The summed E-state index contributed by atoms with van der Waals surface area (Å²) >= 11 is 1.06. The number of hydrogen-bond donors (Lipinski definition) is 2. The highest BCUT2D eigenvalue weighted by Gasteiger charge is 2.45. The first kappa shape index (κ1) is 17.0. The number of alkyl halides is 1. The van der Waals surface area contributed by atoms with Crippen molar-refractivity contribution in [2.24, 2.45) is 5.73 Å². The minimum absolute atomic E-state index is 0.0168. The van der Waals surface area contributed by atoms with Gasteiger partial charge in [0.15, 0.2) is 6.19 Å². The monoisotopic (exact) mass is 359 g/mol. The zero-order chi connectivity index (χ0) is 18.0. The van der Waals surface area contributed by atoms with Crippen molar-refractivity contribution in [2.75, 3.05) is 18.0 Å². The number of benzene rings is 1. The predicted molar refractivity (Wildman–Crippen MR) is 90.5 cm³/mol. The van der Waals surface area contributed by atoms with E-state index in [1.165, 1.54) is 6.20 Å². The Hall–Kier alpha value is -2.83. The highest BCUT2D eigenvalue weighted by atomic mass is 32.1. The molecule has 2 heterocycles. The predicted octanol–water partition coefficient (Wildman–Crippen LogP) is 1.42. The number of primary amides is 1. The number of nitrogens with one attached hydrogen (secondary N) is 1. The zero-order valence-electron chi connectivity index (χ0n) is 13.0. The number of thiazole rings is 1. The van der Waals surface area contributed by atoms with Gasteiger partial charge in [0, 0.05) is 24.7 Å². The van der Waals surface area contributed by atoms with Crippen LogP contribution < -0.4 is 16.0 Å². The van der Waals surface area contributed by atoms with E-state index in [9.17, 15) is 19.2 Å². The van der Waals surface area contributed by atoms with Crippen LogP contribution in [-0.4, -0.2) is 35.6 Å². The molecule has 1 atom stereocenters. The van der Waals surface area contributed by atoms with Crippen LogP contribution in [0.3, 0.4) is 0 Å². The first-order valence-corrected chi connectivity index (χ1v) is 8.26. The molecule has 1 aromatic heterocycles. The maximum atomic E-state index is 14.6. The minimum atomic E-state index is -2.10. The first-order chi connectivity index (χ1) is 11.9. The van der Waals surface area contributed by atoms with Crippen molar-refractivity contribution in [3.63, 3.8) is 0 Å². The third-order valence-corrected chi connectivity index (χ3v) is 4.94. The van der Waals surface area contributed by atoms with E-state index in [4.69, 9.17) is 5.73 Å². The molecular formula is C16H14FN5O2S. The van der Waals surface area contributed by atoms with Crippen LogP contribution in [0.4, 0.5) is 9.52 Å². The third kappa shape index (κ3) is 3.22. The van der Waals surface area contributed by atoms with Crippen molar-refractivity contribution in [3.05, 3.63) is 36.0 Å². The summed E-state index contributed by atoms with van der Waals surface area (Å²) in [4.78, 5) is 29.0. The van der Waals surface area contributed by atoms with Gasteiger partial charge in [-0.25, -0.2) is 9.37 Å². The van der Waals surface area contributed by atoms with Gasteiger partial charge in [-0.3, -0.25) is 9.59 Å². The average molecular weight is 359 g/mol. The maximum absolute atomic E-state index is 14.6. The fraction of sp³-hybridized carbons (Fsp3) is 0.250. The van der Waals surface area contributed by atoms with Crippen LogP contribution in [0.5, 0.6) is 0 Å². The Morgan fingerprint density at radius 2 is 2.28 bits per heavy atom. The Morgan fingerprint density at radius 1 is 1.48 bits per heavy atom. The van der Waals surface area contributed by atoms with E-state index in [1.807, 2.05) is 0 Å². The Bertz CT molecular complexity index is 869. The summed E-state index contributed by atoms with van der Waals surface area (Å²) in [6.45, 7) is 0.257. The lowest BCUT2D eigenvalue weighted by molar-refractivity contribution is -0.128. The molecule has 1 aliphatic heterocycles. The molecule has 2 aromatic rings.